The minimum absolute atomic E-state index is 0.00381. The number of nitrogens with one attached hydrogen (secondary N) is 3. The number of hydrogen-bond acceptors (Lipinski definition) is 7. The van der Waals surface area contributed by atoms with E-state index in [1.807, 2.05) is 17.0 Å². The summed E-state index contributed by atoms with van der Waals surface area (Å²) in [4.78, 5) is 29.0. The van der Waals surface area contributed by atoms with Crippen molar-refractivity contribution < 1.29 is 4.79 Å². The van der Waals surface area contributed by atoms with Crippen molar-refractivity contribution in [3.8, 4) is 0 Å². The summed E-state index contributed by atoms with van der Waals surface area (Å²) in [5.41, 5.74) is 1.07. The second kappa shape index (κ2) is 11.1. The maximum Gasteiger partial charge on any atom is 0.245 e. The number of aliphatic imine (C=N–C) groups is 1. The molecule has 1 amide bonds. The van der Waals surface area contributed by atoms with Crippen LogP contribution in [0.3, 0.4) is 0 Å². The van der Waals surface area contributed by atoms with Crippen molar-refractivity contribution in [1.29, 1.82) is 0 Å². The maximum atomic E-state index is 12.0. The van der Waals surface area contributed by atoms with E-state index < -0.39 is 0 Å². The number of nitrogens with zero attached hydrogens (tertiary/aromatic N) is 4. The standard InChI is InChI=1S/C27H39N7OS/c1-7-23(35)34-13-10-20(11-14-34)30-24-17(2)19(16-29-18(3)27(4,5)6)15-22(32-24)33-26-31-21-9-8-12-28-25(21)36-26/h7-9,12,15,17-20,29H,1,10-11,13-14,16H2,2-6H3,(H,30,32)(H,31,33). The molecule has 4 heterocycles. The molecular weight excluding hydrogens is 470 g/mol. The van der Waals surface area contributed by atoms with E-state index in [0.29, 0.717) is 19.1 Å². The van der Waals surface area contributed by atoms with Crippen LogP contribution >= 0.6 is 11.3 Å². The van der Waals surface area contributed by atoms with E-state index in [1.165, 1.54) is 6.08 Å². The molecule has 0 aliphatic carbocycles. The number of piperidine rings is 1. The average molecular weight is 510 g/mol. The number of anilines is 1. The molecule has 1 fully saturated rings. The van der Waals surface area contributed by atoms with Crippen molar-refractivity contribution in [2.75, 3.05) is 25.0 Å². The van der Waals surface area contributed by atoms with Gasteiger partial charge in [-0.2, -0.15) is 0 Å². The number of aromatic nitrogens is 2. The molecule has 2 aliphatic heterocycles. The van der Waals surface area contributed by atoms with E-state index in [1.54, 1.807) is 17.5 Å². The molecule has 2 aromatic heterocycles. The Morgan fingerprint density at radius 2 is 2.14 bits per heavy atom. The topological polar surface area (TPSA) is 94.5 Å². The molecule has 194 valence electrons. The van der Waals surface area contributed by atoms with Crippen LogP contribution in [0.2, 0.25) is 0 Å². The van der Waals surface area contributed by atoms with Crippen molar-refractivity contribution in [2.45, 2.75) is 59.5 Å². The van der Waals surface area contributed by atoms with Gasteiger partial charge in [0.2, 0.25) is 5.91 Å². The highest BCUT2D eigenvalue weighted by atomic mass is 32.1. The molecule has 3 N–H and O–H groups in total. The van der Waals surface area contributed by atoms with Crippen LogP contribution in [0.1, 0.15) is 47.5 Å². The van der Waals surface area contributed by atoms with E-state index in [2.05, 4.69) is 68.2 Å². The van der Waals surface area contributed by atoms with Crippen molar-refractivity contribution >= 4 is 38.6 Å². The number of fused-ring (bicyclic) bond motifs is 1. The summed E-state index contributed by atoms with van der Waals surface area (Å²) in [5, 5.41) is 11.6. The number of hydrogen-bond donors (Lipinski definition) is 3. The predicted molar refractivity (Wildman–Crippen MR) is 149 cm³/mol. The quantitative estimate of drug-likeness (QED) is 0.479. The van der Waals surface area contributed by atoms with Crippen LogP contribution in [0.4, 0.5) is 5.13 Å². The van der Waals surface area contributed by atoms with Gasteiger partial charge in [0, 0.05) is 43.7 Å². The maximum absolute atomic E-state index is 12.0. The van der Waals surface area contributed by atoms with Gasteiger partial charge >= 0.3 is 0 Å². The number of carbonyl (C=O) groups is 1. The molecule has 0 saturated carbocycles. The molecule has 0 spiro atoms. The third-order valence-electron chi connectivity index (χ3n) is 7.36. The van der Waals surface area contributed by atoms with E-state index >= 15 is 0 Å². The highest BCUT2D eigenvalue weighted by Gasteiger charge is 2.30. The summed E-state index contributed by atoms with van der Waals surface area (Å²) in [6.45, 7) is 17.2. The number of thiazole rings is 1. The number of amides is 1. The Morgan fingerprint density at radius 1 is 1.39 bits per heavy atom. The Kier molecular flexibility index (Phi) is 8.10. The summed E-state index contributed by atoms with van der Waals surface area (Å²) in [7, 11) is 0. The number of carbonyl (C=O) groups excluding carboxylic acids is 1. The second-order valence-electron chi connectivity index (χ2n) is 10.9. The molecule has 0 aromatic carbocycles. The van der Waals surface area contributed by atoms with Gasteiger partial charge in [-0.05, 0) is 49.5 Å². The van der Waals surface area contributed by atoms with E-state index in [0.717, 1.165) is 46.5 Å². The lowest BCUT2D eigenvalue weighted by molar-refractivity contribution is -0.126. The highest BCUT2D eigenvalue weighted by Crippen LogP contribution is 2.28. The van der Waals surface area contributed by atoms with E-state index in [-0.39, 0.29) is 29.2 Å². The lowest BCUT2D eigenvalue weighted by atomic mass is 9.85. The van der Waals surface area contributed by atoms with Gasteiger partial charge in [-0.15, -0.1) is 0 Å². The summed E-state index contributed by atoms with van der Waals surface area (Å²) < 4.78 is 0. The summed E-state index contributed by atoms with van der Waals surface area (Å²) in [6, 6.07) is 4.46. The van der Waals surface area contributed by atoms with Gasteiger partial charge in [0.15, 0.2) is 5.13 Å². The first-order chi connectivity index (χ1) is 17.1. The molecule has 3 unspecified atom stereocenters. The van der Waals surface area contributed by atoms with Crippen LogP contribution < -0.4 is 16.0 Å². The van der Waals surface area contributed by atoms with Crippen LogP contribution in [-0.4, -0.2) is 58.3 Å². The Bertz CT molecular complexity index is 1110. The minimum atomic E-state index is 0.00381. The first-order valence-corrected chi connectivity index (χ1v) is 13.7. The predicted octanol–water partition coefficient (Wildman–Crippen LogP) is 4.40. The lowest BCUT2D eigenvalue weighted by Crippen LogP contribution is -2.47. The fraction of sp³-hybridized carbons (Fsp3) is 0.556. The van der Waals surface area contributed by atoms with Crippen molar-refractivity contribution in [3.63, 3.8) is 0 Å². The SMILES string of the molecule is C=CC(=O)N1CCC(N=C2NC(Nc3nc4cccnc4s3)=CC(CNC(C)C(C)(C)C)C2C)CC1. The Balaban J connectivity index is 1.52. The highest BCUT2D eigenvalue weighted by molar-refractivity contribution is 7.21. The Hall–Kier alpha value is -2.78. The van der Waals surface area contributed by atoms with Gasteiger partial charge in [0.1, 0.15) is 22.0 Å². The summed E-state index contributed by atoms with van der Waals surface area (Å²) in [5.74, 6) is 2.40. The van der Waals surface area contributed by atoms with Crippen LogP contribution in [0.15, 0.2) is 47.9 Å². The van der Waals surface area contributed by atoms with Gasteiger partial charge in [-0.1, -0.05) is 45.6 Å². The normalized spacial score (nSPS) is 23.3. The van der Waals surface area contributed by atoms with E-state index in [9.17, 15) is 4.79 Å². The largest absolute Gasteiger partial charge is 0.339 e. The number of likely N-dealkylation sites (tertiary alicyclic amines) is 1. The molecule has 2 aliphatic rings. The molecular formula is C27H39N7OS. The molecule has 8 nitrogen and oxygen atoms in total. The zero-order valence-corrected chi connectivity index (χ0v) is 22.9. The summed E-state index contributed by atoms with van der Waals surface area (Å²) in [6.07, 6.45) is 7.17. The van der Waals surface area contributed by atoms with Gasteiger partial charge in [0.05, 0.1) is 6.04 Å². The fourth-order valence-corrected chi connectivity index (χ4v) is 5.23. The average Bonchev–Trinajstić information content (AvgIpc) is 3.26. The van der Waals surface area contributed by atoms with Crippen molar-refractivity contribution in [2.24, 2.45) is 22.2 Å². The lowest BCUT2D eigenvalue weighted by Gasteiger charge is -2.35. The molecule has 2 aromatic rings. The fourth-order valence-electron chi connectivity index (χ4n) is 4.41. The molecule has 3 atom stereocenters. The van der Waals surface area contributed by atoms with Gasteiger partial charge < -0.3 is 20.9 Å². The number of amidine groups is 1. The van der Waals surface area contributed by atoms with Gasteiger partial charge in [-0.25, -0.2) is 9.97 Å². The molecule has 0 radical (unpaired) electrons. The first-order valence-electron chi connectivity index (χ1n) is 12.8. The number of pyridine rings is 1. The monoisotopic (exact) mass is 509 g/mol. The smallest absolute Gasteiger partial charge is 0.245 e. The number of rotatable bonds is 7. The van der Waals surface area contributed by atoms with Crippen LogP contribution in [0, 0.1) is 17.3 Å². The molecule has 36 heavy (non-hydrogen) atoms. The molecule has 1 saturated heterocycles. The molecule has 0 bridgehead atoms. The zero-order valence-electron chi connectivity index (χ0n) is 22.0. The minimum Gasteiger partial charge on any atom is -0.339 e. The molecule has 9 heteroatoms. The van der Waals surface area contributed by atoms with Crippen LogP contribution in [-0.2, 0) is 4.79 Å². The van der Waals surface area contributed by atoms with Crippen LogP contribution in [0.5, 0.6) is 0 Å². The van der Waals surface area contributed by atoms with Gasteiger partial charge in [-0.3, -0.25) is 9.79 Å². The van der Waals surface area contributed by atoms with Gasteiger partial charge in [0.25, 0.3) is 0 Å². The Morgan fingerprint density at radius 3 is 2.81 bits per heavy atom. The van der Waals surface area contributed by atoms with Crippen molar-refractivity contribution in [1.82, 2.24) is 25.5 Å². The Labute approximate surface area is 218 Å². The van der Waals surface area contributed by atoms with E-state index in [4.69, 9.17) is 9.98 Å². The third kappa shape index (κ3) is 6.31. The first kappa shape index (κ1) is 26.3. The second-order valence-corrected chi connectivity index (χ2v) is 11.9. The van der Waals surface area contributed by atoms with Crippen molar-refractivity contribution in [3.05, 3.63) is 42.9 Å². The summed E-state index contributed by atoms with van der Waals surface area (Å²) >= 11 is 1.54. The molecule has 4 rings (SSSR count). The third-order valence-corrected chi connectivity index (χ3v) is 8.25. The van der Waals surface area contributed by atoms with Crippen LogP contribution in [0.25, 0.3) is 10.3 Å². The zero-order chi connectivity index (χ0) is 25.9.